The van der Waals surface area contributed by atoms with E-state index in [0.717, 1.165) is 12.0 Å². The molecule has 1 rings (SSSR count). The first kappa shape index (κ1) is 10.2. The van der Waals surface area contributed by atoms with Crippen molar-refractivity contribution in [2.75, 3.05) is 0 Å². The molecule has 0 N–H and O–H groups in total. The fourth-order valence-corrected chi connectivity index (χ4v) is 1.65. The van der Waals surface area contributed by atoms with Gasteiger partial charge in [-0.25, -0.2) is 0 Å². The molecule has 0 aliphatic rings. The normalized spacial score (nSPS) is 12.5. The van der Waals surface area contributed by atoms with Crippen LogP contribution >= 0.6 is 11.6 Å². The minimum atomic E-state index is -0.0875. The van der Waals surface area contributed by atoms with Gasteiger partial charge in [-0.05, 0) is 25.0 Å². The van der Waals surface area contributed by atoms with E-state index in [2.05, 4.69) is 4.98 Å². The Morgan fingerprint density at radius 2 is 2.38 bits per heavy atom. The number of ketones is 1. The van der Waals surface area contributed by atoms with Gasteiger partial charge in [0.15, 0.2) is 0 Å². The van der Waals surface area contributed by atoms with Crippen LogP contribution in [0.25, 0.3) is 0 Å². The van der Waals surface area contributed by atoms with E-state index in [1.165, 1.54) is 0 Å². The summed E-state index contributed by atoms with van der Waals surface area (Å²) in [6.07, 6.45) is 4.01. The molecule has 70 valence electrons. The molecule has 0 bridgehead atoms. The molecule has 1 aromatic heterocycles. The molecule has 1 atom stereocenters. The van der Waals surface area contributed by atoms with E-state index in [1.807, 2.05) is 6.92 Å². The largest absolute Gasteiger partial charge is 0.299 e. The second-order valence-electron chi connectivity index (χ2n) is 2.97. The van der Waals surface area contributed by atoms with Gasteiger partial charge in [-0.15, -0.1) is 0 Å². The van der Waals surface area contributed by atoms with Crippen molar-refractivity contribution in [1.82, 2.24) is 4.98 Å². The molecule has 0 radical (unpaired) electrons. The van der Waals surface area contributed by atoms with Crippen LogP contribution in [-0.4, -0.2) is 10.8 Å². The minimum absolute atomic E-state index is 0.0875. The number of pyridine rings is 1. The van der Waals surface area contributed by atoms with Crippen LogP contribution in [0.4, 0.5) is 0 Å². The number of Topliss-reactive ketones (excluding diaryl/α,β-unsaturated/α-hetero) is 1. The molecule has 3 heteroatoms. The summed E-state index contributed by atoms with van der Waals surface area (Å²) in [7, 11) is 0. The van der Waals surface area contributed by atoms with E-state index < -0.39 is 0 Å². The number of hydrogen-bond donors (Lipinski definition) is 0. The van der Waals surface area contributed by atoms with Crippen LogP contribution in [0, 0.1) is 0 Å². The number of aromatic nitrogens is 1. The highest BCUT2D eigenvalue weighted by molar-refractivity contribution is 6.31. The third-order valence-electron chi connectivity index (χ3n) is 2.08. The zero-order valence-corrected chi connectivity index (χ0v) is 8.51. The lowest BCUT2D eigenvalue weighted by Crippen LogP contribution is -2.08. The van der Waals surface area contributed by atoms with E-state index in [9.17, 15) is 4.79 Å². The maximum atomic E-state index is 11.2. The predicted molar refractivity (Wildman–Crippen MR) is 53.0 cm³/mol. The first-order valence-electron chi connectivity index (χ1n) is 4.26. The molecule has 0 saturated carbocycles. The summed E-state index contributed by atoms with van der Waals surface area (Å²) in [4.78, 5) is 15.1. The molecule has 0 saturated heterocycles. The Morgan fingerprint density at radius 1 is 1.69 bits per heavy atom. The number of hydrogen-bond acceptors (Lipinski definition) is 2. The summed E-state index contributed by atoms with van der Waals surface area (Å²) in [5.74, 6) is 0.0612. The Labute approximate surface area is 82.9 Å². The Hall–Kier alpha value is -0.890. The maximum Gasteiger partial charge on any atom is 0.137 e. The average molecular weight is 198 g/mol. The molecule has 1 heterocycles. The van der Waals surface area contributed by atoms with Gasteiger partial charge in [0, 0.05) is 18.3 Å². The van der Waals surface area contributed by atoms with Crippen LogP contribution in [0.3, 0.4) is 0 Å². The number of carbonyl (C=O) groups is 1. The first-order chi connectivity index (χ1) is 6.16. The van der Waals surface area contributed by atoms with Crippen molar-refractivity contribution < 1.29 is 4.79 Å². The van der Waals surface area contributed by atoms with Crippen LogP contribution in [0.5, 0.6) is 0 Å². The highest BCUT2D eigenvalue weighted by atomic mass is 35.5. The van der Waals surface area contributed by atoms with E-state index in [-0.39, 0.29) is 11.7 Å². The summed E-state index contributed by atoms with van der Waals surface area (Å²) >= 11 is 5.93. The second kappa shape index (κ2) is 4.38. The van der Waals surface area contributed by atoms with Crippen molar-refractivity contribution in [1.29, 1.82) is 0 Å². The zero-order chi connectivity index (χ0) is 9.84. The van der Waals surface area contributed by atoms with Crippen molar-refractivity contribution in [2.24, 2.45) is 0 Å². The number of halogens is 1. The Bertz CT molecular complexity index is 312. The molecule has 0 aliphatic carbocycles. The standard InChI is InChI=1S/C10H12ClNO/c1-3-8(7(2)13)9-4-5-12-6-10(9)11/h4-6,8H,3H2,1-2H3. The van der Waals surface area contributed by atoms with Gasteiger partial charge >= 0.3 is 0 Å². The molecule has 13 heavy (non-hydrogen) atoms. The summed E-state index contributed by atoms with van der Waals surface area (Å²) in [5.41, 5.74) is 0.881. The quantitative estimate of drug-likeness (QED) is 0.746. The van der Waals surface area contributed by atoms with Gasteiger partial charge < -0.3 is 0 Å². The van der Waals surface area contributed by atoms with Gasteiger partial charge in [-0.2, -0.15) is 0 Å². The summed E-state index contributed by atoms with van der Waals surface area (Å²) in [6.45, 7) is 3.56. The van der Waals surface area contributed by atoms with Crippen LogP contribution in [-0.2, 0) is 4.79 Å². The molecular weight excluding hydrogens is 186 g/mol. The van der Waals surface area contributed by atoms with Crippen LogP contribution in [0.2, 0.25) is 5.02 Å². The van der Waals surface area contributed by atoms with Gasteiger partial charge in [-0.3, -0.25) is 9.78 Å². The van der Waals surface area contributed by atoms with Crippen LogP contribution in [0.15, 0.2) is 18.5 Å². The van der Waals surface area contributed by atoms with Crippen LogP contribution in [0.1, 0.15) is 31.7 Å². The van der Waals surface area contributed by atoms with Crippen LogP contribution < -0.4 is 0 Å². The smallest absolute Gasteiger partial charge is 0.137 e. The van der Waals surface area contributed by atoms with E-state index in [1.54, 1.807) is 25.4 Å². The SMILES string of the molecule is CCC(C(C)=O)c1ccncc1Cl. The highest BCUT2D eigenvalue weighted by Gasteiger charge is 2.16. The van der Waals surface area contributed by atoms with Gasteiger partial charge in [0.05, 0.1) is 5.02 Å². The Kier molecular flexibility index (Phi) is 3.43. The van der Waals surface area contributed by atoms with E-state index in [0.29, 0.717) is 5.02 Å². The van der Waals surface area contributed by atoms with Gasteiger partial charge in [0.1, 0.15) is 5.78 Å². The lowest BCUT2D eigenvalue weighted by molar-refractivity contribution is -0.118. The molecular formula is C10H12ClNO. The molecule has 0 aromatic carbocycles. The summed E-state index contributed by atoms with van der Waals surface area (Å²) in [5, 5.41) is 0.574. The van der Waals surface area contributed by atoms with Crippen molar-refractivity contribution in [3.05, 3.63) is 29.0 Å². The number of rotatable bonds is 3. The monoisotopic (exact) mass is 197 g/mol. The average Bonchev–Trinajstić information content (AvgIpc) is 2.09. The molecule has 1 unspecified atom stereocenters. The third-order valence-corrected chi connectivity index (χ3v) is 2.39. The van der Waals surface area contributed by atoms with E-state index >= 15 is 0 Å². The van der Waals surface area contributed by atoms with Crippen molar-refractivity contribution in [3.63, 3.8) is 0 Å². The fraction of sp³-hybridized carbons (Fsp3) is 0.400. The predicted octanol–water partition coefficient (Wildman–Crippen LogP) is 2.82. The lowest BCUT2D eigenvalue weighted by Gasteiger charge is -2.12. The molecule has 0 amide bonds. The molecule has 0 aliphatic heterocycles. The zero-order valence-electron chi connectivity index (χ0n) is 7.75. The Morgan fingerprint density at radius 3 is 2.85 bits per heavy atom. The highest BCUT2D eigenvalue weighted by Crippen LogP contribution is 2.26. The summed E-state index contributed by atoms with van der Waals surface area (Å²) < 4.78 is 0. The van der Waals surface area contributed by atoms with Gasteiger partial charge in [0.2, 0.25) is 0 Å². The number of nitrogens with zero attached hydrogens (tertiary/aromatic N) is 1. The minimum Gasteiger partial charge on any atom is -0.299 e. The van der Waals surface area contributed by atoms with Crippen molar-refractivity contribution in [2.45, 2.75) is 26.2 Å². The third kappa shape index (κ3) is 2.28. The van der Waals surface area contributed by atoms with Gasteiger partial charge in [-0.1, -0.05) is 18.5 Å². The van der Waals surface area contributed by atoms with Crippen molar-refractivity contribution >= 4 is 17.4 Å². The fourth-order valence-electron chi connectivity index (χ4n) is 1.39. The molecule has 0 spiro atoms. The Balaban J connectivity index is 3.04. The summed E-state index contributed by atoms with van der Waals surface area (Å²) in [6, 6.07) is 1.80. The maximum absolute atomic E-state index is 11.2. The van der Waals surface area contributed by atoms with Crippen molar-refractivity contribution in [3.8, 4) is 0 Å². The molecule has 2 nitrogen and oxygen atoms in total. The topological polar surface area (TPSA) is 30.0 Å². The van der Waals surface area contributed by atoms with Gasteiger partial charge in [0.25, 0.3) is 0 Å². The first-order valence-corrected chi connectivity index (χ1v) is 4.64. The molecule has 0 fully saturated rings. The molecule has 1 aromatic rings. The lowest BCUT2D eigenvalue weighted by atomic mass is 9.94. The number of carbonyl (C=O) groups excluding carboxylic acids is 1. The van der Waals surface area contributed by atoms with E-state index in [4.69, 9.17) is 11.6 Å². The second-order valence-corrected chi connectivity index (χ2v) is 3.38.